The van der Waals surface area contributed by atoms with Crippen LogP contribution in [0.1, 0.15) is 34.6 Å². The van der Waals surface area contributed by atoms with E-state index in [1.807, 2.05) is 34.6 Å². The molecule has 0 aliphatic rings. The van der Waals surface area contributed by atoms with Crippen molar-refractivity contribution in [3.05, 3.63) is 11.6 Å². The highest BCUT2D eigenvalue weighted by molar-refractivity contribution is 5.81. The molecule has 3 nitrogen and oxygen atoms in total. The van der Waals surface area contributed by atoms with Gasteiger partial charge in [0, 0.05) is 12.6 Å². The summed E-state index contributed by atoms with van der Waals surface area (Å²) in [5.74, 6) is 0.0576. The van der Waals surface area contributed by atoms with E-state index in [1.54, 1.807) is 0 Å². The van der Waals surface area contributed by atoms with Crippen molar-refractivity contribution < 1.29 is 4.79 Å². The van der Waals surface area contributed by atoms with Gasteiger partial charge < -0.3 is 10.6 Å². The van der Waals surface area contributed by atoms with Gasteiger partial charge in [-0.25, -0.2) is 0 Å². The fraction of sp³-hybridized carbons (Fsp3) is 0.727. The molecule has 0 saturated heterocycles. The van der Waals surface area contributed by atoms with E-state index in [-0.39, 0.29) is 18.0 Å². The van der Waals surface area contributed by atoms with Gasteiger partial charge in [0.2, 0.25) is 5.91 Å². The number of carbonyl (C=O) groups excluding carboxylic acids is 1. The predicted octanol–water partition coefficient (Wildman–Crippen LogP) is 1.46. The van der Waals surface area contributed by atoms with Crippen molar-refractivity contribution in [2.45, 2.75) is 46.7 Å². The summed E-state index contributed by atoms with van der Waals surface area (Å²) in [5.41, 5.74) is 1.26. The lowest BCUT2D eigenvalue weighted by molar-refractivity contribution is -0.123. The van der Waals surface area contributed by atoms with Gasteiger partial charge in [-0.05, 0) is 34.6 Å². The number of allylic oxidation sites excluding steroid dienone is 1. The molecule has 0 radical (unpaired) electrons. The summed E-state index contributed by atoms with van der Waals surface area (Å²) >= 11 is 0. The number of hydrogen-bond donors (Lipinski definition) is 2. The van der Waals surface area contributed by atoms with Crippen LogP contribution in [0.25, 0.3) is 0 Å². The third kappa shape index (κ3) is 6.66. The number of rotatable bonds is 5. The summed E-state index contributed by atoms with van der Waals surface area (Å²) in [5, 5.41) is 5.99. The van der Waals surface area contributed by atoms with Crippen molar-refractivity contribution in [2.24, 2.45) is 0 Å². The Hall–Kier alpha value is -0.830. The van der Waals surface area contributed by atoms with Crippen molar-refractivity contribution in [3.8, 4) is 0 Å². The fourth-order valence-electron chi connectivity index (χ4n) is 0.942. The number of hydrogen-bond acceptors (Lipinski definition) is 2. The number of amides is 1. The number of carbonyl (C=O) groups is 1. The first-order chi connectivity index (χ1) is 6.43. The molecule has 2 N–H and O–H groups in total. The molecule has 1 unspecified atom stereocenters. The van der Waals surface area contributed by atoms with Crippen molar-refractivity contribution >= 4 is 5.91 Å². The summed E-state index contributed by atoms with van der Waals surface area (Å²) in [7, 11) is 0. The lowest BCUT2D eigenvalue weighted by atomic mass is 10.2. The van der Waals surface area contributed by atoms with Crippen LogP contribution >= 0.6 is 0 Å². The number of nitrogens with one attached hydrogen (secondary N) is 2. The fourth-order valence-corrected chi connectivity index (χ4v) is 0.942. The van der Waals surface area contributed by atoms with E-state index in [4.69, 9.17) is 0 Å². The second-order valence-corrected chi connectivity index (χ2v) is 4.07. The highest BCUT2D eigenvalue weighted by Gasteiger charge is 2.11. The second-order valence-electron chi connectivity index (χ2n) is 4.07. The van der Waals surface area contributed by atoms with Crippen LogP contribution in [-0.2, 0) is 4.79 Å². The molecule has 1 atom stereocenters. The third-order valence-corrected chi connectivity index (χ3v) is 1.76. The maximum atomic E-state index is 11.4. The average molecular weight is 198 g/mol. The van der Waals surface area contributed by atoms with Gasteiger partial charge >= 0.3 is 0 Å². The zero-order chi connectivity index (χ0) is 11.1. The molecular weight excluding hydrogens is 176 g/mol. The van der Waals surface area contributed by atoms with Gasteiger partial charge in [-0.15, -0.1) is 0 Å². The smallest absolute Gasteiger partial charge is 0.237 e. The minimum atomic E-state index is -0.131. The van der Waals surface area contributed by atoms with E-state index in [1.165, 1.54) is 5.57 Å². The van der Waals surface area contributed by atoms with Crippen LogP contribution in [0.2, 0.25) is 0 Å². The van der Waals surface area contributed by atoms with Gasteiger partial charge in [-0.3, -0.25) is 4.79 Å². The van der Waals surface area contributed by atoms with Crippen LogP contribution in [0.4, 0.5) is 0 Å². The molecule has 0 aromatic carbocycles. The summed E-state index contributed by atoms with van der Waals surface area (Å²) in [6.07, 6.45) is 2.07. The Morgan fingerprint density at radius 2 is 1.86 bits per heavy atom. The molecule has 0 aromatic rings. The zero-order valence-corrected chi connectivity index (χ0v) is 9.85. The molecular formula is C11H22N2O. The van der Waals surface area contributed by atoms with Crippen molar-refractivity contribution in [1.82, 2.24) is 10.6 Å². The first kappa shape index (κ1) is 13.2. The molecule has 0 aromatic heterocycles. The normalized spacial score (nSPS) is 12.4. The van der Waals surface area contributed by atoms with Crippen molar-refractivity contribution in [2.75, 3.05) is 6.54 Å². The molecule has 0 aliphatic carbocycles. The van der Waals surface area contributed by atoms with Crippen molar-refractivity contribution in [3.63, 3.8) is 0 Å². The summed E-state index contributed by atoms with van der Waals surface area (Å²) in [6.45, 7) is 10.6. The lowest BCUT2D eigenvalue weighted by Gasteiger charge is -2.15. The minimum Gasteiger partial charge on any atom is -0.353 e. The minimum absolute atomic E-state index is 0.0576. The molecule has 14 heavy (non-hydrogen) atoms. The summed E-state index contributed by atoms with van der Waals surface area (Å²) in [6, 6.07) is 0.0724. The maximum Gasteiger partial charge on any atom is 0.237 e. The topological polar surface area (TPSA) is 41.1 Å². The van der Waals surface area contributed by atoms with Gasteiger partial charge in [0.25, 0.3) is 0 Å². The van der Waals surface area contributed by atoms with Gasteiger partial charge in [0.15, 0.2) is 0 Å². The Balaban J connectivity index is 3.79. The lowest BCUT2D eigenvalue weighted by Crippen LogP contribution is -2.44. The average Bonchev–Trinajstić information content (AvgIpc) is 2.01. The molecule has 0 aliphatic heterocycles. The standard InChI is InChI=1S/C11H22N2O/c1-8(2)6-7-12-10(5)11(14)13-9(3)4/h6,9-10,12H,7H2,1-5H3,(H,13,14). The largest absolute Gasteiger partial charge is 0.353 e. The van der Waals surface area contributed by atoms with E-state index in [9.17, 15) is 4.79 Å². The van der Waals surface area contributed by atoms with Gasteiger partial charge in [0.05, 0.1) is 6.04 Å². The van der Waals surface area contributed by atoms with Crippen LogP contribution in [0.5, 0.6) is 0 Å². The third-order valence-electron chi connectivity index (χ3n) is 1.76. The Bertz CT molecular complexity index is 205. The van der Waals surface area contributed by atoms with Gasteiger partial charge in [0.1, 0.15) is 0 Å². The Labute approximate surface area is 87.0 Å². The molecule has 1 amide bonds. The van der Waals surface area contributed by atoms with E-state index in [0.717, 1.165) is 6.54 Å². The van der Waals surface area contributed by atoms with Gasteiger partial charge in [-0.2, -0.15) is 0 Å². The van der Waals surface area contributed by atoms with E-state index >= 15 is 0 Å². The summed E-state index contributed by atoms with van der Waals surface area (Å²) < 4.78 is 0. The molecule has 0 saturated carbocycles. The van der Waals surface area contributed by atoms with Gasteiger partial charge in [-0.1, -0.05) is 11.6 Å². The van der Waals surface area contributed by atoms with Crippen LogP contribution in [0.3, 0.4) is 0 Å². The predicted molar refractivity (Wildman–Crippen MR) is 60.2 cm³/mol. The molecule has 0 rings (SSSR count). The maximum absolute atomic E-state index is 11.4. The van der Waals surface area contributed by atoms with Crippen molar-refractivity contribution in [1.29, 1.82) is 0 Å². The Morgan fingerprint density at radius 3 is 2.29 bits per heavy atom. The Morgan fingerprint density at radius 1 is 1.29 bits per heavy atom. The molecule has 0 fully saturated rings. The van der Waals surface area contributed by atoms with E-state index < -0.39 is 0 Å². The zero-order valence-electron chi connectivity index (χ0n) is 9.85. The molecule has 0 spiro atoms. The van der Waals surface area contributed by atoms with E-state index in [2.05, 4.69) is 16.7 Å². The van der Waals surface area contributed by atoms with Crippen LogP contribution in [0.15, 0.2) is 11.6 Å². The first-order valence-corrected chi connectivity index (χ1v) is 5.10. The molecule has 82 valence electrons. The van der Waals surface area contributed by atoms with Crippen LogP contribution in [0, 0.1) is 0 Å². The molecule has 0 bridgehead atoms. The highest BCUT2D eigenvalue weighted by atomic mass is 16.2. The quantitative estimate of drug-likeness (QED) is 0.657. The molecule has 3 heteroatoms. The summed E-state index contributed by atoms with van der Waals surface area (Å²) in [4.78, 5) is 11.4. The SMILES string of the molecule is CC(C)=CCNC(C)C(=O)NC(C)C. The second kappa shape index (κ2) is 6.60. The first-order valence-electron chi connectivity index (χ1n) is 5.10. The highest BCUT2D eigenvalue weighted by Crippen LogP contribution is 1.88. The molecule has 0 heterocycles. The monoisotopic (exact) mass is 198 g/mol. The Kier molecular flexibility index (Phi) is 6.21. The van der Waals surface area contributed by atoms with Crippen LogP contribution in [-0.4, -0.2) is 24.5 Å². The van der Waals surface area contributed by atoms with E-state index in [0.29, 0.717) is 0 Å². The van der Waals surface area contributed by atoms with Crippen LogP contribution < -0.4 is 10.6 Å².